The van der Waals surface area contributed by atoms with Crippen LogP contribution in [-0.2, 0) is 0 Å². The summed E-state index contributed by atoms with van der Waals surface area (Å²) in [5, 5.41) is 0. The van der Waals surface area contributed by atoms with E-state index in [9.17, 15) is 8.78 Å². The Labute approximate surface area is 81.6 Å². The molecule has 0 N–H and O–H groups in total. The number of rotatable bonds is 1. The first-order chi connectivity index (χ1) is 6.70. The van der Waals surface area contributed by atoms with Crippen LogP contribution >= 0.6 is 0 Å². The topological polar surface area (TPSA) is 0 Å². The Bertz CT molecular complexity index is 428. The minimum absolute atomic E-state index is 0.302. The summed E-state index contributed by atoms with van der Waals surface area (Å²) in [4.78, 5) is 0. The summed E-state index contributed by atoms with van der Waals surface area (Å²) < 4.78 is 26.3. The van der Waals surface area contributed by atoms with E-state index < -0.39 is 11.6 Å². The standard InChI is InChI=1S/C12H9F2/c1-8-4-2-5-9(8)10-6-3-7-11(13)12(10)14/h3-4,6-7H,2H2,1H3. The molecule has 0 amide bonds. The maximum Gasteiger partial charge on any atom is 0.166 e. The third-order valence-corrected chi connectivity index (χ3v) is 2.30. The molecule has 0 saturated carbocycles. The Hall–Kier alpha value is -1.44. The third kappa shape index (κ3) is 1.37. The monoisotopic (exact) mass is 191 g/mol. The molecule has 0 atom stereocenters. The van der Waals surface area contributed by atoms with Gasteiger partial charge in [-0.3, -0.25) is 0 Å². The minimum Gasteiger partial charge on any atom is -0.204 e. The molecule has 0 unspecified atom stereocenters. The van der Waals surface area contributed by atoms with Crippen LogP contribution in [-0.4, -0.2) is 0 Å². The Morgan fingerprint density at radius 2 is 2.07 bits per heavy atom. The van der Waals surface area contributed by atoms with Crippen LogP contribution < -0.4 is 0 Å². The predicted molar refractivity (Wildman–Crippen MR) is 51.4 cm³/mol. The zero-order chi connectivity index (χ0) is 10.1. The fourth-order valence-electron chi connectivity index (χ4n) is 1.55. The van der Waals surface area contributed by atoms with Crippen LogP contribution in [0.15, 0.2) is 29.8 Å². The summed E-state index contributed by atoms with van der Waals surface area (Å²) in [6.45, 7) is 1.87. The molecule has 0 saturated heterocycles. The fourth-order valence-corrected chi connectivity index (χ4v) is 1.55. The summed E-state index contributed by atoms with van der Waals surface area (Å²) in [6, 6.07) is 4.20. The van der Waals surface area contributed by atoms with Crippen molar-refractivity contribution in [2.24, 2.45) is 0 Å². The highest BCUT2D eigenvalue weighted by Crippen LogP contribution is 2.30. The molecular weight excluding hydrogens is 182 g/mol. The van der Waals surface area contributed by atoms with Crippen molar-refractivity contribution in [3.05, 3.63) is 53.1 Å². The van der Waals surface area contributed by atoms with Crippen molar-refractivity contribution in [2.45, 2.75) is 13.3 Å². The first-order valence-corrected chi connectivity index (χ1v) is 4.42. The lowest BCUT2D eigenvalue weighted by Crippen LogP contribution is -1.93. The van der Waals surface area contributed by atoms with Crippen molar-refractivity contribution >= 4 is 5.57 Å². The molecule has 71 valence electrons. The molecule has 0 spiro atoms. The van der Waals surface area contributed by atoms with Gasteiger partial charge >= 0.3 is 0 Å². The van der Waals surface area contributed by atoms with Gasteiger partial charge in [-0.05, 0) is 36.6 Å². The maximum absolute atomic E-state index is 13.4. The first-order valence-electron chi connectivity index (χ1n) is 4.42. The molecule has 0 bridgehead atoms. The number of hydrogen-bond acceptors (Lipinski definition) is 0. The van der Waals surface area contributed by atoms with Crippen LogP contribution in [0.5, 0.6) is 0 Å². The van der Waals surface area contributed by atoms with Crippen molar-refractivity contribution in [3.8, 4) is 0 Å². The van der Waals surface area contributed by atoms with Gasteiger partial charge in [0, 0.05) is 5.56 Å². The van der Waals surface area contributed by atoms with Gasteiger partial charge in [0.15, 0.2) is 11.6 Å². The number of hydrogen-bond donors (Lipinski definition) is 0. The normalized spacial score (nSPS) is 15.4. The van der Waals surface area contributed by atoms with Gasteiger partial charge in [-0.1, -0.05) is 18.2 Å². The lowest BCUT2D eigenvalue weighted by Gasteiger charge is -2.05. The molecule has 1 radical (unpaired) electrons. The lowest BCUT2D eigenvalue weighted by atomic mass is 10.0. The summed E-state index contributed by atoms with van der Waals surface area (Å²) in [7, 11) is 0. The van der Waals surface area contributed by atoms with Crippen molar-refractivity contribution in [2.75, 3.05) is 0 Å². The highest BCUT2D eigenvalue weighted by Gasteiger charge is 2.15. The van der Waals surface area contributed by atoms with E-state index in [0.717, 1.165) is 11.6 Å². The SMILES string of the molecule is CC1=CC[C]=C1c1cccc(F)c1F. The second-order valence-corrected chi connectivity index (χ2v) is 3.24. The first kappa shape index (κ1) is 9.13. The molecule has 0 aliphatic heterocycles. The zero-order valence-corrected chi connectivity index (χ0v) is 7.77. The van der Waals surface area contributed by atoms with Crippen molar-refractivity contribution in [1.82, 2.24) is 0 Å². The van der Waals surface area contributed by atoms with Gasteiger partial charge in [-0.15, -0.1) is 0 Å². The quantitative estimate of drug-likeness (QED) is 0.637. The van der Waals surface area contributed by atoms with Crippen LogP contribution in [0, 0.1) is 17.7 Å². The number of allylic oxidation sites excluding steroid dienone is 4. The average Bonchev–Trinajstić information content (AvgIpc) is 2.57. The predicted octanol–water partition coefficient (Wildman–Crippen LogP) is 3.50. The van der Waals surface area contributed by atoms with Crippen molar-refractivity contribution < 1.29 is 8.78 Å². The van der Waals surface area contributed by atoms with Crippen LogP contribution in [0.1, 0.15) is 18.9 Å². The van der Waals surface area contributed by atoms with Gasteiger partial charge in [0.1, 0.15) is 0 Å². The van der Waals surface area contributed by atoms with E-state index in [1.807, 2.05) is 13.0 Å². The molecular formula is C12H9F2. The van der Waals surface area contributed by atoms with E-state index in [1.54, 1.807) is 6.07 Å². The van der Waals surface area contributed by atoms with E-state index in [2.05, 4.69) is 6.08 Å². The fraction of sp³-hybridized carbons (Fsp3) is 0.167. The number of halogens is 2. The smallest absolute Gasteiger partial charge is 0.166 e. The van der Waals surface area contributed by atoms with Crippen LogP contribution in [0.3, 0.4) is 0 Å². The van der Waals surface area contributed by atoms with E-state index in [0.29, 0.717) is 17.6 Å². The van der Waals surface area contributed by atoms with Crippen LogP contribution in [0.2, 0.25) is 0 Å². The summed E-state index contributed by atoms with van der Waals surface area (Å²) >= 11 is 0. The second-order valence-electron chi connectivity index (χ2n) is 3.24. The molecule has 2 rings (SSSR count). The van der Waals surface area contributed by atoms with Crippen LogP contribution in [0.4, 0.5) is 8.78 Å². The summed E-state index contributed by atoms with van der Waals surface area (Å²) in [6.07, 6.45) is 5.63. The molecule has 1 aliphatic rings. The third-order valence-electron chi connectivity index (χ3n) is 2.30. The molecule has 0 nitrogen and oxygen atoms in total. The molecule has 1 aliphatic carbocycles. The van der Waals surface area contributed by atoms with E-state index >= 15 is 0 Å². The largest absolute Gasteiger partial charge is 0.204 e. The van der Waals surface area contributed by atoms with Gasteiger partial charge in [0.25, 0.3) is 0 Å². The Morgan fingerprint density at radius 1 is 1.29 bits per heavy atom. The number of benzene rings is 1. The Balaban J connectivity index is 2.53. The Kier molecular flexibility index (Phi) is 2.20. The molecule has 0 aromatic heterocycles. The maximum atomic E-state index is 13.4. The van der Waals surface area contributed by atoms with Gasteiger partial charge in [0.05, 0.1) is 0 Å². The van der Waals surface area contributed by atoms with Crippen molar-refractivity contribution in [1.29, 1.82) is 0 Å². The van der Waals surface area contributed by atoms with E-state index in [1.165, 1.54) is 6.07 Å². The van der Waals surface area contributed by atoms with Gasteiger partial charge < -0.3 is 0 Å². The molecule has 2 heteroatoms. The van der Waals surface area contributed by atoms with Gasteiger partial charge in [-0.25, -0.2) is 8.78 Å². The zero-order valence-electron chi connectivity index (χ0n) is 7.77. The molecule has 1 aromatic rings. The van der Waals surface area contributed by atoms with E-state index in [4.69, 9.17) is 0 Å². The van der Waals surface area contributed by atoms with Gasteiger partial charge in [-0.2, -0.15) is 0 Å². The van der Waals surface area contributed by atoms with Crippen LogP contribution in [0.25, 0.3) is 5.57 Å². The van der Waals surface area contributed by atoms with Crippen molar-refractivity contribution in [3.63, 3.8) is 0 Å². The van der Waals surface area contributed by atoms with Gasteiger partial charge in [0.2, 0.25) is 0 Å². The molecule has 0 heterocycles. The second kappa shape index (κ2) is 3.37. The molecule has 14 heavy (non-hydrogen) atoms. The summed E-state index contributed by atoms with van der Waals surface area (Å²) in [5.41, 5.74) is 1.94. The molecule has 0 fully saturated rings. The highest BCUT2D eigenvalue weighted by atomic mass is 19.2. The Morgan fingerprint density at radius 3 is 2.71 bits per heavy atom. The van der Waals surface area contributed by atoms with E-state index in [-0.39, 0.29) is 0 Å². The summed E-state index contributed by atoms with van der Waals surface area (Å²) in [5.74, 6) is -1.60. The average molecular weight is 191 g/mol. The lowest BCUT2D eigenvalue weighted by molar-refractivity contribution is 0.506. The minimum atomic E-state index is -0.809. The highest BCUT2D eigenvalue weighted by molar-refractivity contribution is 5.79. The molecule has 1 aromatic carbocycles.